The molecule has 1 aliphatic rings. The van der Waals surface area contributed by atoms with Crippen LogP contribution in [0.5, 0.6) is 5.75 Å². The van der Waals surface area contributed by atoms with Crippen LogP contribution in [0.3, 0.4) is 0 Å². The number of carbonyl (C=O) groups is 2. The Bertz CT molecular complexity index is 719. The molecule has 1 fully saturated rings. The fraction of sp³-hybridized carbons (Fsp3) is 0.476. The number of likely N-dealkylation sites (tertiary alicyclic amines) is 1. The summed E-state index contributed by atoms with van der Waals surface area (Å²) in [5.74, 6) is 0.501. The van der Waals surface area contributed by atoms with Crippen molar-refractivity contribution in [1.82, 2.24) is 10.2 Å². The van der Waals surface area contributed by atoms with Gasteiger partial charge in [0, 0.05) is 12.6 Å². The van der Waals surface area contributed by atoms with E-state index >= 15 is 0 Å². The van der Waals surface area contributed by atoms with Gasteiger partial charge in [-0.05, 0) is 49.0 Å². The summed E-state index contributed by atoms with van der Waals surface area (Å²) < 4.78 is 5.11. The first-order chi connectivity index (χ1) is 12.9. The molecular weight excluding hydrogens is 342 g/mol. The molecule has 0 aromatic heterocycles. The molecule has 2 amide bonds. The lowest BCUT2D eigenvalue weighted by molar-refractivity contribution is -0.136. The Morgan fingerprint density at radius 2 is 2.07 bits per heavy atom. The molecular formula is C21H27N3O3. The highest BCUT2D eigenvalue weighted by atomic mass is 16.5. The van der Waals surface area contributed by atoms with E-state index in [1.165, 1.54) is 6.08 Å². The van der Waals surface area contributed by atoms with Crippen LogP contribution in [-0.2, 0) is 9.59 Å². The first-order valence-electron chi connectivity index (χ1n) is 9.27. The fourth-order valence-corrected chi connectivity index (χ4v) is 3.16. The summed E-state index contributed by atoms with van der Waals surface area (Å²) in [5.41, 5.74) is 0.863. The molecule has 6 heteroatoms. The molecule has 2 atom stereocenters. The Kier molecular flexibility index (Phi) is 7.42. The highest BCUT2D eigenvalue weighted by Crippen LogP contribution is 2.19. The van der Waals surface area contributed by atoms with Crippen LogP contribution < -0.4 is 10.1 Å². The van der Waals surface area contributed by atoms with Crippen molar-refractivity contribution in [3.05, 3.63) is 35.9 Å². The Morgan fingerprint density at radius 1 is 1.37 bits per heavy atom. The van der Waals surface area contributed by atoms with Gasteiger partial charge >= 0.3 is 0 Å². The molecule has 1 aliphatic heterocycles. The monoisotopic (exact) mass is 369 g/mol. The van der Waals surface area contributed by atoms with E-state index in [9.17, 15) is 14.9 Å². The van der Waals surface area contributed by atoms with E-state index in [0.717, 1.165) is 17.7 Å². The van der Waals surface area contributed by atoms with Gasteiger partial charge in [-0.25, -0.2) is 0 Å². The third-order valence-electron chi connectivity index (χ3n) is 4.55. The summed E-state index contributed by atoms with van der Waals surface area (Å²) in [6, 6.07) is 8.50. The van der Waals surface area contributed by atoms with Crippen molar-refractivity contribution in [1.29, 1.82) is 5.26 Å². The Labute approximate surface area is 160 Å². The number of nitrogens with one attached hydrogen (secondary N) is 1. The maximum Gasteiger partial charge on any atom is 0.246 e. The predicted molar refractivity (Wildman–Crippen MR) is 104 cm³/mol. The summed E-state index contributed by atoms with van der Waals surface area (Å²) in [6.07, 6.45) is 5.18. The van der Waals surface area contributed by atoms with E-state index < -0.39 is 6.04 Å². The third kappa shape index (κ3) is 5.85. The molecule has 0 aliphatic carbocycles. The van der Waals surface area contributed by atoms with Crippen molar-refractivity contribution in [2.24, 2.45) is 5.92 Å². The number of benzene rings is 1. The molecule has 0 radical (unpaired) electrons. The second-order valence-corrected chi connectivity index (χ2v) is 7.12. The van der Waals surface area contributed by atoms with Crippen LogP contribution in [-0.4, -0.2) is 42.5 Å². The van der Waals surface area contributed by atoms with Crippen LogP contribution >= 0.6 is 0 Å². The maximum absolute atomic E-state index is 12.9. The largest absolute Gasteiger partial charge is 0.497 e. The maximum atomic E-state index is 12.9. The van der Waals surface area contributed by atoms with E-state index in [-0.39, 0.29) is 23.8 Å². The Hall–Kier alpha value is -2.81. The molecule has 1 heterocycles. The van der Waals surface area contributed by atoms with Crippen LogP contribution in [0.15, 0.2) is 30.3 Å². The molecule has 0 saturated carbocycles. The topological polar surface area (TPSA) is 82.4 Å². The lowest BCUT2D eigenvalue weighted by atomic mass is 10.0. The molecule has 2 rings (SSSR count). The van der Waals surface area contributed by atoms with Crippen molar-refractivity contribution in [3.63, 3.8) is 0 Å². The number of ether oxygens (including phenoxy) is 1. The standard InChI is InChI=1S/C21H27N3O3/c1-15(2)13-19(21(26)24-12-4-5-17(24)14-22)23-20(25)11-8-16-6-9-18(27-3)10-7-16/h6-11,15,17,19H,4-5,12-13H2,1-3H3,(H,23,25)/b11-8+/t17-,19?/m0/s1. The SMILES string of the molecule is COc1ccc(/C=C/C(=O)NC(CC(C)C)C(=O)N2CCC[C@H]2C#N)cc1. The van der Waals surface area contributed by atoms with E-state index in [4.69, 9.17) is 4.74 Å². The van der Waals surface area contributed by atoms with Crippen LogP contribution in [0.25, 0.3) is 6.08 Å². The molecule has 1 N–H and O–H groups in total. The Morgan fingerprint density at radius 3 is 2.67 bits per heavy atom. The van der Waals surface area contributed by atoms with Crippen LogP contribution in [0.1, 0.15) is 38.7 Å². The minimum absolute atomic E-state index is 0.168. The van der Waals surface area contributed by atoms with Crippen LogP contribution in [0.4, 0.5) is 0 Å². The number of hydrogen-bond donors (Lipinski definition) is 1. The smallest absolute Gasteiger partial charge is 0.246 e. The van der Waals surface area contributed by atoms with Crippen molar-refractivity contribution in [2.45, 2.75) is 45.2 Å². The highest BCUT2D eigenvalue weighted by molar-refractivity contribution is 5.95. The second-order valence-electron chi connectivity index (χ2n) is 7.12. The van der Waals surface area contributed by atoms with Crippen LogP contribution in [0, 0.1) is 17.2 Å². The summed E-state index contributed by atoms with van der Waals surface area (Å²) in [6.45, 7) is 4.58. The lowest BCUT2D eigenvalue weighted by Gasteiger charge is -2.27. The number of nitriles is 1. The average molecular weight is 369 g/mol. The quantitative estimate of drug-likeness (QED) is 0.749. The summed E-state index contributed by atoms with van der Waals surface area (Å²) in [4.78, 5) is 26.8. The fourth-order valence-electron chi connectivity index (χ4n) is 3.16. The van der Waals surface area contributed by atoms with Crippen molar-refractivity contribution < 1.29 is 14.3 Å². The number of carbonyl (C=O) groups excluding carboxylic acids is 2. The van der Waals surface area contributed by atoms with Gasteiger partial charge in [0.2, 0.25) is 11.8 Å². The van der Waals surface area contributed by atoms with Gasteiger partial charge in [-0.2, -0.15) is 5.26 Å². The van der Waals surface area contributed by atoms with Gasteiger partial charge in [-0.3, -0.25) is 9.59 Å². The van der Waals surface area contributed by atoms with Gasteiger partial charge in [0.25, 0.3) is 0 Å². The van der Waals surface area contributed by atoms with Crippen molar-refractivity contribution in [3.8, 4) is 11.8 Å². The predicted octanol–water partition coefficient (Wildman–Crippen LogP) is 2.75. The minimum Gasteiger partial charge on any atom is -0.497 e. The molecule has 27 heavy (non-hydrogen) atoms. The molecule has 1 unspecified atom stereocenters. The zero-order chi connectivity index (χ0) is 19.8. The number of amides is 2. The summed E-state index contributed by atoms with van der Waals surface area (Å²) >= 11 is 0. The van der Waals surface area contributed by atoms with Crippen molar-refractivity contribution in [2.75, 3.05) is 13.7 Å². The van der Waals surface area contributed by atoms with Gasteiger partial charge in [0.15, 0.2) is 0 Å². The van der Waals surface area contributed by atoms with Gasteiger partial charge in [-0.1, -0.05) is 26.0 Å². The van der Waals surface area contributed by atoms with Crippen molar-refractivity contribution >= 4 is 17.9 Å². The van der Waals surface area contributed by atoms with E-state index in [0.29, 0.717) is 19.4 Å². The molecule has 1 saturated heterocycles. The molecule has 6 nitrogen and oxygen atoms in total. The van der Waals surface area contributed by atoms with E-state index in [2.05, 4.69) is 11.4 Å². The molecule has 1 aromatic rings. The molecule has 0 spiro atoms. The molecule has 0 bridgehead atoms. The number of methoxy groups -OCH3 is 1. The first kappa shape index (κ1) is 20.5. The number of nitrogens with zero attached hydrogens (tertiary/aromatic N) is 2. The molecule has 144 valence electrons. The van der Waals surface area contributed by atoms with Gasteiger partial charge < -0.3 is 15.0 Å². The van der Waals surface area contributed by atoms with Crippen LogP contribution in [0.2, 0.25) is 0 Å². The minimum atomic E-state index is -0.619. The number of hydrogen-bond acceptors (Lipinski definition) is 4. The van der Waals surface area contributed by atoms with Gasteiger partial charge in [0.05, 0.1) is 13.2 Å². The normalized spacial score (nSPS) is 17.7. The van der Waals surface area contributed by atoms with Gasteiger partial charge in [0.1, 0.15) is 17.8 Å². The van der Waals surface area contributed by atoms with Gasteiger partial charge in [-0.15, -0.1) is 0 Å². The third-order valence-corrected chi connectivity index (χ3v) is 4.55. The Balaban J connectivity index is 2.03. The van der Waals surface area contributed by atoms with E-state index in [1.54, 1.807) is 18.1 Å². The first-order valence-corrected chi connectivity index (χ1v) is 9.27. The zero-order valence-electron chi connectivity index (χ0n) is 16.1. The summed E-state index contributed by atoms with van der Waals surface area (Å²) in [5, 5.41) is 12.0. The average Bonchev–Trinajstić information content (AvgIpc) is 3.14. The van der Waals surface area contributed by atoms with E-state index in [1.807, 2.05) is 38.1 Å². The zero-order valence-corrected chi connectivity index (χ0v) is 16.1. The highest BCUT2D eigenvalue weighted by Gasteiger charge is 2.33. The lowest BCUT2D eigenvalue weighted by Crippen LogP contribution is -2.50. The number of rotatable bonds is 7. The molecule has 1 aromatic carbocycles. The second kappa shape index (κ2) is 9.77. The summed E-state index contributed by atoms with van der Waals surface area (Å²) in [7, 11) is 1.60.